The molecule has 0 radical (unpaired) electrons. The van der Waals surface area contributed by atoms with E-state index >= 15 is 0 Å². The number of nitrogens with one attached hydrogen (secondary N) is 1. The number of hydrazine groups is 1. The molecule has 0 amide bonds. The van der Waals surface area contributed by atoms with Crippen LogP contribution in [0.2, 0.25) is 0 Å². The minimum absolute atomic E-state index is 0.0523. The van der Waals surface area contributed by atoms with Crippen LogP contribution in [0.4, 0.5) is 11.9 Å². The van der Waals surface area contributed by atoms with Crippen molar-refractivity contribution in [2.75, 3.05) is 23.4 Å². The summed E-state index contributed by atoms with van der Waals surface area (Å²) in [6.07, 6.45) is 0.341. The molecule has 0 bridgehead atoms. The SMILES string of the molecule is CC(C)CN(CCC#N)c1nc(NN)nc(OC(C)C)n1. The molecule has 0 saturated carbocycles. The molecule has 1 aromatic rings. The minimum atomic E-state index is -0.0523. The number of aromatic nitrogens is 3. The fourth-order valence-corrected chi connectivity index (χ4v) is 1.71. The molecule has 0 aromatic carbocycles. The highest BCUT2D eigenvalue weighted by Gasteiger charge is 2.15. The monoisotopic (exact) mass is 293 g/mol. The van der Waals surface area contributed by atoms with Gasteiger partial charge in [0.15, 0.2) is 0 Å². The number of rotatable bonds is 8. The maximum absolute atomic E-state index is 8.78. The largest absolute Gasteiger partial charge is 0.461 e. The van der Waals surface area contributed by atoms with Gasteiger partial charge in [-0.1, -0.05) is 13.8 Å². The number of hydrogen-bond donors (Lipinski definition) is 2. The van der Waals surface area contributed by atoms with E-state index in [9.17, 15) is 0 Å². The fraction of sp³-hybridized carbons (Fsp3) is 0.692. The number of nitriles is 1. The first-order chi connectivity index (χ1) is 9.96. The van der Waals surface area contributed by atoms with Gasteiger partial charge in [0.25, 0.3) is 0 Å². The molecule has 0 aliphatic carbocycles. The Morgan fingerprint density at radius 2 is 2.00 bits per heavy atom. The van der Waals surface area contributed by atoms with Crippen molar-refractivity contribution in [1.82, 2.24) is 15.0 Å². The molecule has 0 atom stereocenters. The summed E-state index contributed by atoms with van der Waals surface area (Å²) in [5.41, 5.74) is 2.41. The summed E-state index contributed by atoms with van der Waals surface area (Å²) in [7, 11) is 0. The van der Waals surface area contributed by atoms with E-state index in [1.54, 1.807) is 0 Å². The van der Waals surface area contributed by atoms with Crippen LogP contribution in [0.5, 0.6) is 6.01 Å². The molecule has 116 valence electrons. The van der Waals surface area contributed by atoms with E-state index in [0.717, 1.165) is 6.54 Å². The number of nitrogen functional groups attached to an aromatic ring is 1. The van der Waals surface area contributed by atoms with E-state index < -0.39 is 0 Å². The van der Waals surface area contributed by atoms with Crippen LogP contribution in [0.1, 0.15) is 34.1 Å². The first-order valence-corrected chi connectivity index (χ1v) is 6.97. The normalized spacial score (nSPS) is 10.6. The van der Waals surface area contributed by atoms with Gasteiger partial charge in [-0.3, -0.25) is 5.43 Å². The lowest BCUT2D eigenvalue weighted by atomic mass is 10.2. The molecule has 0 aliphatic heterocycles. The molecule has 0 aliphatic rings. The standard InChI is InChI=1S/C13H23N7O/c1-9(2)8-20(7-5-6-14)12-16-11(19-15)17-13(18-12)21-10(3)4/h9-10H,5,7-8,15H2,1-4H3,(H,16,17,18,19). The van der Waals surface area contributed by atoms with Crippen molar-refractivity contribution in [1.29, 1.82) is 5.26 Å². The Morgan fingerprint density at radius 1 is 1.29 bits per heavy atom. The third kappa shape index (κ3) is 5.79. The minimum Gasteiger partial charge on any atom is -0.461 e. The summed E-state index contributed by atoms with van der Waals surface area (Å²) < 4.78 is 5.51. The van der Waals surface area contributed by atoms with Crippen molar-refractivity contribution in [3.05, 3.63) is 0 Å². The summed E-state index contributed by atoms with van der Waals surface area (Å²) in [5, 5.41) is 8.78. The Labute approximate surface area is 125 Å². The van der Waals surface area contributed by atoms with E-state index in [1.807, 2.05) is 18.7 Å². The Morgan fingerprint density at radius 3 is 2.52 bits per heavy atom. The highest BCUT2D eigenvalue weighted by molar-refractivity contribution is 5.38. The predicted octanol–water partition coefficient (Wildman–Crippen LogP) is 1.32. The molecule has 0 fully saturated rings. The molecule has 0 saturated heterocycles. The van der Waals surface area contributed by atoms with Crippen LogP contribution >= 0.6 is 0 Å². The lowest BCUT2D eigenvalue weighted by molar-refractivity contribution is 0.222. The molecule has 0 spiro atoms. The third-order valence-electron chi connectivity index (χ3n) is 2.44. The van der Waals surface area contributed by atoms with Gasteiger partial charge in [-0.25, -0.2) is 5.84 Å². The van der Waals surface area contributed by atoms with Gasteiger partial charge in [0.1, 0.15) is 0 Å². The van der Waals surface area contributed by atoms with Crippen molar-refractivity contribution in [2.24, 2.45) is 11.8 Å². The van der Waals surface area contributed by atoms with E-state index in [-0.39, 0.29) is 18.1 Å². The van der Waals surface area contributed by atoms with Crippen LogP contribution in [0, 0.1) is 17.2 Å². The number of ether oxygens (including phenoxy) is 1. The quantitative estimate of drug-likeness (QED) is 0.545. The third-order valence-corrected chi connectivity index (χ3v) is 2.44. The Hall–Kier alpha value is -2.14. The maximum atomic E-state index is 8.78. The van der Waals surface area contributed by atoms with Crippen molar-refractivity contribution in [3.63, 3.8) is 0 Å². The van der Waals surface area contributed by atoms with Gasteiger partial charge >= 0.3 is 6.01 Å². The Kier molecular flexibility index (Phi) is 6.62. The lowest BCUT2D eigenvalue weighted by Gasteiger charge is -2.24. The van der Waals surface area contributed by atoms with Crippen molar-refractivity contribution in [3.8, 4) is 12.1 Å². The Balaban J connectivity index is 3.06. The first-order valence-electron chi connectivity index (χ1n) is 6.97. The van der Waals surface area contributed by atoms with Gasteiger partial charge in [-0.2, -0.15) is 20.2 Å². The average Bonchev–Trinajstić information content (AvgIpc) is 2.41. The molecule has 8 heteroatoms. The zero-order valence-corrected chi connectivity index (χ0v) is 13.0. The first kappa shape index (κ1) is 16.9. The number of hydrogen-bond acceptors (Lipinski definition) is 8. The zero-order valence-electron chi connectivity index (χ0n) is 13.0. The van der Waals surface area contributed by atoms with E-state index in [1.165, 1.54) is 0 Å². The molecule has 1 rings (SSSR count). The van der Waals surface area contributed by atoms with Crippen LogP contribution in [0.15, 0.2) is 0 Å². The van der Waals surface area contributed by atoms with Gasteiger partial charge in [-0.15, -0.1) is 0 Å². The van der Waals surface area contributed by atoms with Gasteiger partial charge in [0.05, 0.1) is 18.6 Å². The molecule has 8 nitrogen and oxygen atoms in total. The summed E-state index contributed by atoms with van der Waals surface area (Å²) in [4.78, 5) is 14.5. The van der Waals surface area contributed by atoms with Crippen molar-refractivity contribution in [2.45, 2.75) is 40.2 Å². The molecule has 0 unspecified atom stereocenters. The van der Waals surface area contributed by atoms with Crippen molar-refractivity contribution >= 4 is 11.9 Å². The lowest BCUT2D eigenvalue weighted by Crippen LogP contribution is -2.31. The summed E-state index contributed by atoms with van der Waals surface area (Å²) >= 11 is 0. The van der Waals surface area contributed by atoms with Gasteiger partial charge in [0, 0.05) is 13.1 Å². The second-order valence-electron chi connectivity index (χ2n) is 5.30. The predicted molar refractivity (Wildman–Crippen MR) is 80.7 cm³/mol. The highest BCUT2D eigenvalue weighted by atomic mass is 16.5. The second kappa shape index (κ2) is 8.21. The van der Waals surface area contributed by atoms with Gasteiger partial charge in [-0.05, 0) is 19.8 Å². The summed E-state index contributed by atoms with van der Waals surface area (Å²) in [5.74, 6) is 6.49. The van der Waals surface area contributed by atoms with Crippen LogP contribution in [0.3, 0.4) is 0 Å². The number of nitrogens with two attached hydrogens (primary N) is 1. The maximum Gasteiger partial charge on any atom is 0.323 e. The zero-order chi connectivity index (χ0) is 15.8. The fourth-order valence-electron chi connectivity index (χ4n) is 1.71. The molecular weight excluding hydrogens is 270 g/mol. The highest BCUT2D eigenvalue weighted by Crippen LogP contribution is 2.17. The van der Waals surface area contributed by atoms with E-state index in [4.69, 9.17) is 15.8 Å². The number of nitrogens with zero attached hydrogens (tertiary/aromatic N) is 5. The van der Waals surface area contributed by atoms with E-state index in [2.05, 4.69) is 40.3 Å². The molecule has 1 aromatic heterocycles. The topological polar surface area (TPSA) is 113 Å². The summed E-state index contributed by atoms with van der Waals surface area (Å²) in [6, 6.07) is 2.35. The van der Waals surface area contributed by atoms with Crippen molar-refractivity contribution < 1.29 is 4.74 Å². The van der Waals surface area contributed by atoms with E-state index in [0.29, 0.717) is 24.8 Å². The second-order valence-corrected chi connectivity index (χ2v) is 5.30. The average molecular weight is 293 g/mol. The van der Waals surface area contributed by atoms with Crippen LogP contribution < -0.4 is 20.9 Å². The molecular formula is C13H23N7O. The van der Waals surface area contributed by atoms with Crippen LogP contribution in [-0.4, -0.2) is 34.1 Å². The van der Waals surface area contributed by atoms with Crippen LogP contribution in [-0.2, 0) is 0 Å². The summed E-state index contributed by atoms with van der Waals surface area (Å²) in [6.45, 7) is 9.24. The number of anilines is 2. The Bertz CT molecular complexity index is 484. The molecule has 21 heavy (non-hydrogen) atoms. The smallest absolute Gasteiger partial charge is 0.323 e. The molecule has 3 N–H and O–H groups in total. The van der Waals surface area contributed by atoms with Gasteiger partial charge in [0.2, 0.25) is 11.9 Å². The van der Waals surface area contributed by atoms with Crippen LogP contribution in [0.25, 0.3) is 0 Å². The van der Waals surface area contributed by atoms with Gasteiger partial charge < -0.3 is 9.64 Å². The molecule has 1 heterocycles.